The van der Waals surface area contributed by atoms with Crippen molar-refractivity contribution in [2.45, 2.75) is 155 Å². The summed E-state index contributed by atoms with van der Waals surface area (Å²) >= 11 is 2.57. The normalized spacial score (nSPS) is 22.1. The molecule has 10 heteroatoms. The second-order valence-electron chi connectivity index (χ2n) is 12.7. The molecule has 56 heavy (non-hydrogen) atoms. The van der Waals surface area contributed by atoms with Gasteiger partial charge in [0.15, 0.2) is 0 Å². The van der Waals surface area contributed by atoms with Crippen molar-refractivity contribution in [3.8, 4) is 0 Å². The first kappa shape index (κ1) is 51.7. The van der Waals surface area contributed by atoms with Gasteiger partial charge in [-0.3, -0.25) is 0 Å². The topological polar surface area (TPSA) is 92.3 Å². The summed E-state index contributed by atoms with van der Waals surface area (Å²) in [6.07, 6.45) is 8.45. The first-order valence-electron chi connectivity index (χ1n) is 21.5. The summed E-state index contributed by atoms with van der Waals surface area (Å²) in [6, 6.07) is 24.2. The standard InChI is InChI=1S/2C17H19NO2S2.6C2H6/c2*19-22(20,16-6-3-9-21-16)18-17-14-7-8-15(17)11-13-5-2-1-4-12(13)10-14;6*1-2/h2*1-6,9,14-15,17-18H,7-8,10-11H2;6*1-2H3. The van der Waals surface area contributed by atoms with Crippen LogP contribution in [0, 0.1) is 23.7 Å². The Hall–Kier alpha value is -2.34. The van der Waals surface area contributed by atoms with Gasteiger partial charge in [-0.2, -0.15) is 0 Å². The van der Waals surface area contributed by atoms with Gasteiger partial charge in [0.05, 0.1) is 0 Å². The number of benzene rings is 2. The fourth-order valence-electron chi connectivity index (χ4n) is 7.99. The van der Waals surface area contributed by atoms with Crippen molar-refractivity contribution in [1.82, 2.24) is 9.44 Å². The van der Waals surface area contributed by atoms with Gasteiger partial charge in [0, 0.05) is 12.1 Å². The van der Waals surface area contributed by atoms with Crippen molar-refractivity contribution in [2.24, 2.45) is 23.7 Å². The van der Waals surface area contributed by atoms with Gasteiger partial charge in [-0.15, -0.1) is 22.7 Å². The van der Waals surface area contributed by atoms with E-state index in [2.05, 4.69) is 58.0 Å². The zero-order valence-corrected chi connectivity index (χ0v) is 39.7. The minimum atomic E-state index is -3.38. The summed E-state index contributed by atoms with van der Waals surface area (Å²) < 4.78 is 57.1. The van der Waals surface area contributed by atoms with Crippen LogP contribution in [0.1, 0.15) is 131 Å². The first-order chi connectivity index (χ1) is 27.3. The molecule has 0 amide bonds. The highest BCUT2D eigenvalue weighted by Gasteiger charge is 2.42. The van der Waals surface area contributed by atoms with Gasteiger partial charge in [-0.25, -0.2) is 26.3 Å². The quantitative estimate of drug-likeness (QED) is 0.202. The van der Waals surface area contributed by atoms with E-state index in [1.54, 1.807) is 24.3 Å². The molecule has 2 fully saturated rings. The predicted octanol–water partition coefficient (Wildman–Crippen LogP) is 12.6. The Balaban J connectivity index is 0.000000443. The van der Waals surface area contributed by atoms with E-state index < -0.39 is 20.0 Å². The number of hydrogen-bond acceptors (Lipinski definition) is 6. The van der Waals surface area contributed by atoms with Crippen molar-refractivity contribution >= 4 is 42.7 Å². The van der Waals surface area contributed by atoms with Crippen LogP contribution in [0.15, 0.2) is 92.0 Å². The fraction of sp³-hybridized carbons (Fsp3) is 0.565. The molecule has 4 aliphatic carbocycles. The van der Waals surface area contributed by atoms with Crippen LogP contribution < -0.4 is 9.44 Å². The Morgan fingerprint density at radius 2 is 0.661 bits per heavy atom. The summed E-state index contributed by atoms with van der Waals surface area (Å²) in [5.41, 5.74) is 5.59. The molecule has 2 saturated carbocycles. The maximum absolute atomic E-state index is 12.6. The second kappa shape index (κ2) is 27.4. The van der Waals surface area contributed by atoms with Gasteiger partial charge in [0.1, 0.15) is 8.42 Å². The van der Waals surface area contributed by atoms with Gasteiger partial charge in [0.25, 0.3) is 0 Å². The van der Waals surface area contributed by atoms with Crippen molar-refractivity contribution in [1.29, 1.82) is 0 Å². The Labute approximate surface area is 351 Å². The van der Waals surface area contributed by atoms with Crippen LogP contribution in [0.4, 0.5) is 0 Å². The van der Waals surface area contributed by atoms with Crippen LogP contribution in [-0.4, -0.2) is 28.9 Å². The van der Waals surface area contributed by atoms with Gasteiger partial charge < -0.3 is 0 Å². The minimum Gasteiger partial charge on any atom is -0.207 e. The maximum atomic E-state index is 12.6. The Bertz CT molecular complexity index is 1610. The first-order valence-corrected chi connectivity index (χ1v) is 26.2. The Morgan fingerprint density at radius 1 is 0.411 bits per heavy atom. The van der Waals surface area contributed by atoms with Crippen LogP contribution in [0.5, 0.6) is 0 Å². The Morgan fingerprint density at radius 3 is 0.875 bits per heavy atom. The minimum absolute atomic E-state index is 0.0690. The van der Waals surface area contributed by atoms with Gasteiger partial charge >= 0.3 is 0 Å². The molecule has 4 atom stereocenters. The van der Waals surface area contributed by atoms with Crippen molar-refractivity contribution in [3.63, 3.8) is 0 Å². The molecule has 4 aliphatic rings. The molecule has 8 rings (SSSR count). The molecule has 0 radical (unpaired) electrons. The average molecular weight is 847 g/mol. The summed E-state index contributed by atoms with van der Waals surface area (Å²) in [5.74, 6) is 1.68. The predicted molar refractivity (Wildman–Crippen MR) is 245 cm³/mol. The third kappa shape index (κ3) is 13.9. The van der Waals surface area contributed by atoms with Crippen LogP contribution in [-0.2, 0) is 45.7 Å². The van der Waals surface area contributed by atoms with Crippen molar-refractivity contribution in [3.05, 3.63) is 106 Å². The van der Waals surface area contributed by atoms with E-state index in [0.717, 1.165) is 51.4 Å². The van der Waals surface area contributed by atoms with Gasteiger partial charge in [0.2, 0.25) is 20.0 Å². The SMILES string of the molecule is CC.CC.CC.CC.CC.CC.O=S(=O)(NC1C2CCC1Cc1ccccc1C2)c1cccs1.O=S(=O)(NC1C2CCC1Cc1ccccc1C2)c1cccs1. The highest BCUT2D eigenvalue weighted by atomic mass is 32.3. The molecule has 6 nitrogen and oxygen atoms in total. The molecule has 2 aromatic carbocycles. The number of rotatable bonds is 6. The molecular formula is C46H74N2O4S4. The fourth-order valence-corrected chi connectivity index (χ4v) is 12.8. The zero-order valence-electron chi connectivity index (χ0n) is 36.5. The number of hydrogen-bond donors (Lipinski definition) is 2. The summed E-state index contributed by atoms with van der Waals surface area (Å²) in [5, 5.41) is 3.62. The maximum Gasteiger partial charge on any atom is 0.250 e. The van der Waals surface area contributed by atoms with Crippen molar-refractivity contribution in [2.75, 3.05) is 0 Å². The highest BCUT2D eigenvalue weighted by molar-refractivity contribution is 7.92. The van der Waals surface area contributed by atoms with Crippen LogP contribution in [0.3, 0.4) is 0 Å². The molecule has 2 aromatic heterocycles. The van der Waals surface area contributed by atoms with E-state index in [0.29, 0.717) is 32.1 Å². The van der Waals surface area contributed by atoms with E-state index >= 15 is 0 Å². The van der Waals surface area contributed by atoms with Gasteiger partial charge in [-0.1, -0.05) is 144 Å². The number of thiophene rings is 2. The summed E-state index contributed by atoms with van der Waals surface area (Å²) in [7, 11) is -6.75. The van der Waals surface area contributed by atoms with Gasteiger partial charge in [-0.05, 0) is 120 Å². The highest BCUT2D eigenvalue weighted by Crippen LogP contribution is 2.42. The molecule has 4 bridgehead atoms. The lowest BCUT2D eigenvalue weighted by Crippen LogP contribution is -2.41. The number of sulfonamides is 2. The lowest BCUT2D eigenvalue weighted by atomic mass is 9.94. The second-order valence-corrected chi connectivity index (χ2v) is 18.5. The van der Waals surface area contributed by atoms with Crippen LogP contribution >= 0.6 is 22.7 Å². The van der Waals surface area contributed by atoms with E-state index in [1.807, 2.05) is 93.8 Å². The third-order valence-corrected chi connectivity index (χ3v) is 15.8. The lowest BCUT2D eigenvalue weighted by molar-refractivity contribution is 0.386. The Kier molecular flexibility index (Phi) is 25.3. The number of fused-ring (bicyclic) bond motifs is 6. The van der Waals surface area contributed by atoms with E-state index in [9.17, 15) is 16.8 Å². The molecule has 4 unspecified atom stereocenters. The molecule has 4 aromatic rings. The molecular weight excluding hydrogens is 773 g/mol. The average Bonchev–Trinajstić information content (AvgIpc) is 4.07. The third-order valence-electron chi connectivity index (χ3n) is 10.1. The lowest BCUT2D eigenvalue weighted by Gasteiger charge is -2.23. The molecule has 0 spiro atoms. The monoisotopic (exact) mass is 846 g/mol. The smallest absolute Gasteiger partial charge is 0.207 e. The van der Waals surface area contributed by atoms with E-state index in [1.165, 1.54) is 44.9 Å². The van der Waals surface area contributed by atoms with E-state index in [-0.39, 0.29) is 12.1 Å². The molecule has 2 heterocycles. The zero-order chi connectivity index (χ0) is 42.3. The van der Waals surface area contributed by atoms with Crippen LogP contribution in [0.2, 0.25) is 0 Å². The largest absolute Gasteiger partial charge is 0.250 e. The summed E-state index contributed by atoms with van der Waals surface area (Å²) in [4.78, 5) is 0. The molecule has 0 aliphatic heterocycles. The molecule has 2 N–H and O–H groups in total. The van der Waals surface area contributed by atoms with E-state index in [4.69, 9.17) is 0 Å². The molecule has 0 saturated heterocycles. The van der Waals surface area contributed by atoms with Crippen molar-refractivity contribution < 1.29 is 16.8 Å². The molecule has 316 valence electrons. The number of nitrogens with one attached hydrogen (secondary N) is 2. The summed E-state index contributed by atoms with van der Waals surface area (Å²) in [6.45, 7) is 24.0. The van der Waals surface area contributed by atoms with Crippen LogP contribution in [0.25, 0.3) is 0 Å².